The van der Waals surface area contributed by atoms with Gasteiger partial charge in [-0.15, -0.1) is 0 Å². The highest BCUT2D eigenvalue weighted by molar-refractivity contribution is 5.95. The first-order chi connectivity index (χ1) is 8.48. The van der Waals surface area contributed by atoms with Gasteiger partial charge in [-0.2, -0.15) is 0 Å². The summed E-state index contributed by atoms with van der Waals surface area (Å²) < 4.78 is 0. The van der Waals surface area contributed by atoms with E-state index in [-0.39, 0.29) is 19.1 Å². The van der Waals surface area contributed by atoms with E-state index in [2.05, 4.69) is 5.32 Å². The van der Waals surface area contributed by atoms with Crippen molar-refractivity contribution in [3.8, 4) is 0 Å². The van der Waals surface area contributed by atoms with Gasteiger partial charge in [0, 0.05) is 11.3 Å². The Balaban J connectivity index is 2.90. The molecule has 100 valence electrons. The molecule has 0 aliphatic carbocycles. The Morgan fingerprint density at radius 3 is 2.44 bits per heavy atom. The van der Waals surface area contributed by atoms with E-state index < -0.39 is 5.54 Å². The van der Waals surface area contributed by atoms with E-state index in [0.29, 0.717) is 17.7 Å². The maximum absolute atomic E-state index is 12.0. The van der Waals surface area contributed by atoms with E-state index in [0.717, 1.165) is 5.56 Å². The van der Waals surface area contributed by atoms with Gasteiger partial charge in [0.05, 0.1) is 18.8 Å². The van der Waals surface area contributed by atoms with E-state index in [1.807, 2.05) is 6.92 Å². The van der Waals surface area contributed by atoms with Crippen molar-refractivity contribution in [2.45, 2.75) is 25.8 Å². The normalized spacial score (nSPS) is 11.3. The van der Waals surface area contributed by atoms with Gasteiger partial charge < -0.3 is 21.3 Å². The number of nitrogen functional groups attached to an aromatic ring is 1. The average Bonchev–Trinajstić information content (AvgIpc) is 2.39. The SMILES string of the molecule is CCC(CO)(CO)NC(=O)c1ccc(C)c(N)c1. The summed E-state index contributed by atoms with van der Waals surface area (Å²) >= 11 is 0. The maximum atomic E-state index is 12.0. The second kappa shape index (κ2) is 5.84. The summed E-state index contributed by atoms with van der Waals surface area (Å²) in [5, 5.41) is 21.2. The highest BCUT2D eigenvalue weighted by Gasteiger charge is 2.28. The largest absolute Gasteiger partial charge is 0.398 e. The minimum Gasteiger partial charge on any atom is -0.398 e. The highest BCUT2D eigenvalue weighted by atomic mass is 16.3. The molecule has 18 heavy (non-hydrogen) atoms. The van der Waals surface area contributed by atoms with Gasteiger partial charge in [0.1, 0.15) is 0 Å². The maximum Gasteiger partial charge on any atom is 0.251 e. The number of benzene rings is 1. The van der Waals surface area contributed by atoms with Gasteiger partial charge in [-0.1, -0.05) is 13.0 Å². The third kappa shape index (κ3) is 3.00. The topological polar surface area (TPSA) is 95.6 Å². The van der Waals surface area contributed by atoms with Crippen LogP contribution in [0, 0.1) is 6.92 Å². The van der Waals surface area contributed by atoms with Crippen molar-refractivity contribution < 1.29 is 15.0 Å². The molecule has 1 aromatic rings. The van der Waals surface area contributed by atoms with Gasteiger partial charge in [0.15, 0.2) is 0 Å². The summed E-state index contributed by atoms with van der Waals surface area (Å²) in [6.45, 7) is 3.02. The Labute approximate surface area is 107 Å². The van der Waals surface area contributed by atoms with E-state index in [1.165, 1.54) is 0 Å². The zero-order chi connectivity index (χ0) is 13.8. The van der Waals surface area contributed by atoms with Crippen molar-refractivity contribution in [2.24, 2.45) is 0 Å². The average molecular weight is 252 g/mol. The second-order valence-corrected chi connectivity index (χ2v) is 4.48. The molecule has 0 aliphatic rings. The quantitative estimate of drug-likeness (QED) is 0.572. The fraction of sp³-hybridized carbons (Fsp3) is 0.462. The monoisotopic (exact) mass is 252 g/mol. The predicted molar refractivity (Wildman–Crippen MR) is 70.3 cm³/mol. The molecule has 1 rings (SSSR count). The molecule has 0 radical (unpaired) electrons. The van der Waals surface area contributed by atoms with Crippen molar-refractivity contribution >= 4 is 11.6 Å². The van der Waals surface area contributed by atoms with Crippen LogP contribution in [0.4, 0.5) is 5.69 Å². The lowest BCUT2D eigenvalue weighted by molar-refractivity contribution is 0.0653. The van der Waals surface area contributed by atoms with Crippen LogP contribution in [-0.4, -0.2) is 34.9 Å². The van der Waals surface area contributed by atoms with Gasteiger partial charge in [-0.05, 0) is 31.0 Å². The number of carbonyl (C=O) groups excluding carboxylic acids is 1. The molecule has 0 spiro atoms. The number of rotatable bonds is 5. The number of aliphatic hydroxyl groups is 2. The van der Waals surface area contributed by atoms with Crippen molar-refractivity contribution in [3.05, 3.63) is 29.3 Å². The third-order valence-corrected chi connectivity index (χ3v) is 3.20. The molecule has 0 bridgehead atoms. The summed E-state index contributed by atoms with van der Waals surface area (Å²) in [5.74, 6) is -0.355. The van der Waals surface area contributed by atoms with Crippen LogP contribution < -0.4 is 11.1 Å². The van der Waals surface area contributed by atoms with Gasteiger partial charge in [-0.3, -0.25) is 4.79 Å². The number of hydrogen-bond donors (Lipinski definition) is 4. The number of nitrogens with one attached hydrogen (secondary N) is 1. The molecule has 1 amide bonds. The van der Waals surface area contributed by atoms with Crippen molar-refractivity contribution in [2.75, 3.05) is 18.9 Å². The van der Waals surface area contributed by atoms with Gasteiger partial charge in [0.2, 0.25) is 0 Å². The van der Waals surface area contributed by atoms with Crippen LogP contribution in [0.15, 0.2) is 18.2 Å². The number of amides is 1. The zero-order valence-corrected chi connectivity index (χ0v) is 10.7. The van der Waals surface area contributed by atoms with Crippen LogP contribution in [-0.2, 0) is 0 Å². The van der Waals surface area contributed by atoms with Crippen LogP contribution in [0.25, 0.3) is 0 Å². The first kappa shape index (κ1) is 14.5. The number of nitrogens with two attached hydrogens (primary N) is 1. The van der Waals surface area contributed by atoms with Crippen LogP contribution in [0.2, 0.25) is 0 Å². The van der Waals surface area contributed by atoms with Crippen LogP contribution in [0.5, 0.6) is 0 Å². The van der Waals surface area contributed by atoms with Gasteiger partial charge >= 0.3 is 0 Å². The Morgan fingerprint density at radius 1 is 1.39 bits per heavy atom. The van der Waals surface area contributed by atoms with E-state index in [1.54, 1.807) is 25.1 Å². The predicted octanol–water partition coefficient (Wildman–Crippen LogP) is 0.440. The summed E-state index contributed by atoms with van der Waals surface area (Å²) in [5.41, 5.74) is 6.61. The number of aliphatic hydroxyl groups excluding tert-OH is 2. The fourth-order valence-electron chi connectivity index (χ4n) is 1.54. The molecule has 5 heteroatoms. The van der Waals surface area contributed by atoms with Crippen molar-refractivity contribution in [1.82, 2.24) is 5.32 Å². The Kier molecular flexibility index (Phi) is 4.69. The molecule has 5 N–H and O–H groups in total. The smallest absolute Gasteiger partial charge is 0.251 e. The van der Waals surface area contributed by atoms with E-state index in [4.69, 9.17) is 5.73 Å². The summed E-state index contributed by atoms with van der Waals surface area (Å²) in [7, 11) is 0. The molecule has 1 aromatic carbocycles. The number of anilines is 1. The fourth-order valence-corrected chi connectivity index (χ4v) is 1.54. The minimum atomic E-state index is -0.989. The lowest BCUT2D eigenvalue weighted by Gasteiger charge is -2.29. The standard InChI is InChI=1S/C13H20N2O3/c1-3-13(7-16,8-17)15-12(18)10-5-4-9(2)11(14)6-10/h4-6,16-17H,3,7-8,14H2,1-2H3,(H,15,18). The number of carbonyl (C=O) groups is 1. The highest BCUT2D eigenvalue weighted by Crippen LogP contribution is 2.15. The Hall–Kier alpha value is -1.59. The van der Waals surface area contributed by atoms with Crippen molar-refractivity contribution in [3.63, 3.8) is 0 Å². The second-order valence-electron chi connectivity index (χ2n) is 4.48. The number of hydrogen-bond acceptors (Lipinski definition) is 4. The first-order valence-corrected chi connectivity index (χ1v) is 5.88. The Morgan fingerprint density at radius 2 is 2.00 bits per heavy atom. The molecule has 0 unspecified atom stereocenters. The molecule has 0 saturated heterocycles. The molecule has 0 atom stereocenters. The molecule has 0 aliphatic heterocycles. The molecule has 5 nitrogen and oxygen atoms in total. The summed E-state index contributed by atoms with van der Waals surface area (Å²) in [6, 6.07) is 5.01. The Bertz CT molecular complexity index is 420. The van der Waals surface area contributed by atoms with Crippen LogP contribution >= 0.6 is 0 Å². The summed E-state index contributed by atoms with van der Waals surface area (Å²) in [4.78, 5) is 12.0. The third-order valence-electron chi connectivity index (χ3n) is 3.20. The molecule has 0 aromatic heterocycles. The van der Waals surface area contributed by atoms with Crippen molar-refractivity contribution in [1.29, 1.82) is 0 Å². The molecule has 0 heterocycles. The van der Waals surface area contributed by atoms with Gasteiger partial charge in [-0.25, -0.2) is 0 Å². The number of aryl methyl sites for hydroxylation is 1. The molecular weight excluding hydrogens is 232 g/mol. The van der Waals surface area contributed by atoms with Crippen LogP contribution in [0.3, 0.4) is 0 Å². The zero-order valence-electron chi connectivity index (χ0n) is 10.7. The lowest BCUT2D eigenvalue weighted by atomic mass is 9.97. The van der Waals surface area contributed by atoms with Crippen LogP contribution in [0.1, 0.15) is 29.3 Å². The molecular formula is C13H20N2O3. The minimum absolute atomic E-state index is 0.312. The van der Waals surface area contributed by atoms with E-state index in [9.17, 15) is 15.0 Å². The summed E-state index contributed by atoms with van der Waals surface area (Å²) in [6.07, 6.45) is 0.438. The lowest BCUT2D eigenvalue weighted by Crippen LogP contribution is -2.53. The molecule has 0 fully saturated rings. The van der Waals surface area contributed by atoms with Gasteiger partial charge in [0.25, 0.3) is 5.91 Å². The first-order valence-electron chi connectivity index (χ1n) is 5.88. The van der Waals surface area contributed by atoms with E-state index >= 15 is 0 Å². The molecule has 0 saturated carbocycles.